The van der Waals surface area contributed by atoms with Gasteiger partial charge in [-0.3, -0.25) is 0 Å². The smallest absolute Gasteiger partial charge is 0.0988 e. The third-order valence-corrected chi connectivity index (χ3v) is 1.58. The lowest BCUT2D eigenvalue weighted by Gasteiger charge is -1.93. The van der Waals surface area contributed by atoms with Crippen LogP contribution in [0.5, 0.6) is 0 Å². The van der Waals surface area contributed by atoms with Crippen LogP contribution in [0.3, 0.4) is 0 Å². The summed E-state index contributed by atoms with van der Waals surface area (Å²) in [6.45, 7) is 3.86. The van der Waals surface area contributed by atoms with Crippen molar-refractivity contribution in [3.05, 3.63) is 18.2 Å². The molecule has 1 fully saturated rings. The summed E-state index contributed by atoms with van der Waals surface area (Å²) in [6, 6.07) is 0. The number of imidazole rings is 1. The molecule has 0 saturated carbocycles. The van der Waals surface area contributed by atoms with Gasteiger partial charge < -0.3 is 9.30 Å². The van der Waals surface area contributed by atoms with Crippen LogP contribution < -0.4 is 0 Å². The zero-order chi connectivity index (χ0) is 6.97. The van der Waals surface area contributed by atoms with Gasteiger partial charge in [-0.05, 0) is 6.92 Å². The molecule has 0 aromatic carbocycles. The van der Waals surface area contributed by atoms with Gasteiger partial charge in [0.25, 0.3) is 0 Å². The first-order valence-corrected chi connectivity index (χ1v) is 3.44. The standard InChI is InChI=1S/C7H10N2O/c1-6-2-9(5-8-6)3-7-4-10-7/h2,5,7H,3-4H2,1H3/t7-/m1/s1. The molecule has 1 aliphatic rings. The molecule has 0 aliphatic carbocycles. The molecule has 3 nitrogen and oxygen atoms in total. The Kier molecular flexibility index (Phi) is 1.24. The van der Waals surface area contributed by atoms with Gasteiger partial charge in [-0.15, -0.1) is 0 Å². The van der Waals surface area contributed by atoms with E-state index in [4.69, 9.17) is 4.74 Å². The van der Waals surface area contributed by atoms with Gasteiger partial charge in [0.1, 0.15) is 0 Å². The third kappa shape index (κ3) is 1.19. The van der Waals surface area contributed by atoms with Gasteiger partial charge in [-0.2, -0.15) is 0 Å². The fourth-order valence-corrected chi connectivity index (χ4v) is 0.980. The van der Waals surface area contributed by atoms with Crippen LogP contribution in [-0.2, 0) is 11.3 Å². The minimum absolute atomic E-state index is 0.452. The predicted molar refractivity (Wildman–Crippen MR) is 36.7 cm³/mol. The minimum atomic E-state index is 0.452. The van der Waals surface area contributed by atoms with E-state index >= 15 is 0 Å². The number of epoxide rings is 1. The summed E-state index contributed by atoms with van der Waals surface area (Å²) in [5.41, 5.74) is 1.07. The monoisotopic (exact) mass is 138 g/mol. The quantitative estimate of drug-likeness (QED) is 0.560. The first kappa shape index (κ1) is 5.92. The van der Waals surface area contributed by atoms with E-state index in [2.05, 4.69) is 9.55 Å². The van der Waals surface area contributed by atoms with Gasteiger partial charge in [0, 0.05) is 6.20 Å². The highest BCUT2D eigenvalue weighted by Gasteiger charge is 2.22. The van der Waals surface area contributed by atoms with Crippen molar-refractivity contribution in [1.82, 2.24) is 9.55 Å². The molecule has 0 radical (unpaired) electrons. The molecule has 0 unspecified atom stereocenters. The van der Waals surface area contributed by atoms with E-state index in [9.17, 15) is 0 Å². The largest absolute Gasteiger partial charge is 0.371 e. The first-order valence-electron chi connectivity index (χ1n) is 3.44. The second-order valence-electron chi connectivity index (χ2n) is 2.67. The van der Waals surface area contributed by atoms with E-state index in [1.54, 1.807) is 0 Å². The number of hydrogen-bond acceptors (Lipinski definition) is 2. The SMILES string of the molecule is Cc1cn(C[C@@H]2CO2)cn1. The summed E-state index contributed by atoms with van der Waals surface area (Å²) in [5.74, 6) is 0. The van der Waals surface area contributed by atoms with Gasteiger partial charge in [-0.25, -0.2) is 4.98 Å². The summed E-state index contributed by atoms with van der Waals surface area (Å²) in [6.07, 6.45) is 4.33. The topological polar surface area (TPSA) is 30.4 Å². The maximum absolute atomic E-state index is 5.07. The van der Waals surface area contributed by atoms with Crippen LogP contribution in [0.2, 0.25) is 0 Å². The van der Waals surface area contributed by atoms with Crippen molar-refractivity contribution in [2.24, 2.45) is 0 Å². The second kappa shape index (κ2) is 2.09. The molecule has 0 amide bonds. The Bertz CT molecular complexity index is 227. The van der Waals surface area contributed by atoms with Crippen molar-refractivity contribution in [2.75, 3.05) is 6.61 Å². The average molecular weight is 138 g/mol. The van der Waals surface area contributed by atoms with Crippen molar-refractivity contribution in [3.63, 3.8) is 0 Å². The number of hydrogen-bond donors (Lipinski definition) is 0. The summed E-state index contributed by atoms with van der Waals surface area (Å²) in [5, 5.41) is 0. The van der Waals surface area contributed by atoms with Gasteiger partial charge >= 0.3 is 0 Å². The molecule has 54 valence electrons. The van der Waals surface area contributed by atoms with Crippen molar-refractivity contribution in [1.29, 1.82) is 0 Å². The van der Waals surface area contributed by atoms with Crippen LogP contribution in [0.4, 0.5) is 0 Å². The van der Waals surface area contributed by atoms with Gasteiger partial charge in [0.05, 0.1) is 31.3 Å². The summed E-state index contributed by atoms with van der Waals surface area (Å²) in [4.78, 5) is 4.10. The Hall–Kier alpha value is -0.830. The van der Waals surface area contributed by atoms with Gasteiger partial charge in [0.2, 0.25) is 0 Å². The van der Waals surface area contributed by atoms with Crippen LogP contribution >= 0.6 is 0 Å². The number of aryl methyl sites for hydroxylation is 1. The normalized spacial score (nSPS) is 23.1. The Labute approximate surface area is 59.6 Å². The van der Waals surface area contributed by atoms with Gasteiger partial charge in [0.15, 0.2) is 0 Å². The molecule has 0 N–H and O–H groups in total. The summed E-state index contributed by atoms with van der Waals surface area (Å²) >= 11 is 0. The molecular weight excluding hydrogens is 128 g/mol. The number of rotatable bonds is 2. The van der Waals surface area contributed by atoms with E-state index in [0.717, 1.165) is 18.8 Å². The Morgan fingerprint density at radius 2 is 2.70 bits per heavy atom. The molecule has 1 saturated heterocycles. The lowest BCUT2D eigenvalue weighted by molar-refractivity contribution is 0.383. The van der Waals surface area contributed by atoms with E-state index in [-0.39, 0.29) is 0 Å². The minimum Gasteiger partial charge on any atom is -0.371 e. The molecule has 10 heavy (non-hydrogen) atoms. The molecule has 0 bridgehead atoms. The first-order chi connectivity index (χ1) is 4.84. The maximum Gasteiger partial charge on any atom is 0.0988 e. The highest BCUT2D eigenvalue weighted by Crippen LogP contribution is 2.11. The number of nitrogens with zero attached hydrogens (tertiary/aromatic N) is 2. The molecule has 1 aromatic heterocycles. The van der Waals surface area contributed by atoms with E-state index < -0.39 is 0 Å². The van der Waals surface area contributed by atoms with Crippen molar-refractivity contribution in [3.8, 4) is 0 Å². The van der Waals surface area contributed by atoms with Crippen LogP contribution in [0.1, 0.15) is 5.69 Å². The van der Waals surface area contributed by atoms with E-state index in [1.165, 1.54) is 0 Å². The number of ether oxygens (including phenoxy) is 1. The molecular formula is C7H10N2O. The lowest BCUT2D eigenvalue weighted by Crippen LogP contribution is -2.00. The average Bonchev–Trinajstić information content (AvgIpc) is 2.59. The van der Waals surface area contributed by atoms with E-state index in [0.29, 0.717) is 6.10 Å². The molecule has 1 aliphatic heterocycles. The zero-order valence-electron chi connectivity index (χ0n) is 5.95. The van der Waals surface area contributed by atoms with Crippen LogP contribution in [0.25, 0.3) is 0 Å². The molecule has 3 heteroatoms. The lowest BCUT2D eigenvalue weighted by atomic mass is 10.5. The fraction of sp³-hybridized carbons (Fsp3) is 0.571. The highest BCUT2D eigenvalue weighted by molar-refractivity contribution is 4.93. The predicted octanol–water partition coefficient (Wildman–Crippen LogP) is 0.590. The third-order valence-electron chi connectivity index (χ3n) is 1.58. The zero-order valence-corrected chi connectivity index (χ0v) is 5.95. The fourth-order valence-electron chi connectivity index (χ4n) is 0.980. The Balaban J connectivity index is 2.03. The summed E-state index contributed by atoms with van der Waals surface area (Å²) < 4.78 is 7.14. The van der Waals surface area contributed by atoms with Crippen LogP contribution in [0, 0.1) is 6.92 Å². The molecule has 1 atom stereocenters. The molecule has 2 rings (SSSR count). The van der Waals surface area contributed by atoms with Crippen molar-refractivity contribution in [2.45, 2.75) is 19.6 Å². The van der Waals surface area contributed by atoms with Crippen molar-refractivity contribution < 1.29 is 4.74 Å². The highest BCUT2D eigenvalue weighted by atomic mass is 16.6. The second-order valence-corrected chi connectivity index (χ2v) is 2.67. The molecule has 2 heterocycles. The molecule has 0 spiro atoms. The molecule has 1 aromatic rings. The number of aromatic nitrogens is 2. The van der Waals surface area contributed by atoms with Gasteiger partial charge in [-0.1, -0.05) is 0 Å². The Morgan fingerprint density at radius 3 is 3.20 bits per heavy atom. The van der Waals surface area contributed by atoms with E-state index in [1.807, 2.05) is 19.4 Å². The summed E-state index contributed by atoms with van der Waals surface area (Å²) in [7, 11) is 0. The Morgan fingerprint density at radius 1 is 1.90 bits per heavy atom. The maximum atomic E-state index is 5.07. The van der Waals surface area contributed by atoms with Crippen LogP contribution in [-0.4, -0.2) is 22.3 Å². The van der Waals surface area contributed by atoms with Crippen LogP contribution in [0.15, 0.2) is 12.5 Å². The van der Waals surface area contributed by atoms with Crippen molar-refractivity contribution >= 4 is 0 Å².